The molecule has 7 nitrogen and oxygen atoms in total. The van der Waals surface area contributed by atoms with Gasteiger partial charge in [-0.3, -0.25) is 4.79 Å². The van der Waals surface area contributed by atoms with Crippen LogP contribution in [0, 0.1) is 11.6 Å². The van der Waals surface area contributed by atoms with E-state index < -0.39 is 33.6 Å². The van der Waals surface area contributed by atoms with E-state index in [1.54, 1.807) is 40.7 Å². The van der Waals surface area contributed by atoms with Crippen molar-refractivity contribution in [3.63, 3.8) is 0 Å². The smallest absolute Gasteiger partial charge is 0.247 e. The van der Waals surface area contributed by atoms with Crippen molar-refractivity contribution in [3.8, 4) is 0 Å². The number of carbonyl (C=O) groups excluding carboxylic acids is 1. The van der Waals surface area contributed by atoms with E-state index >= 15 is 4.39 Å². The molecule has 3 aromatic rings. The summed E-state index contributed by atoms with van der Waals surface area (Å²) in [6, 6.07) is 16.1. The molecule has 1 saturated heterocycles. The van der Waals surface area contributed by atoms with Crippen molar-refractivity contribution < 1.29 is 22.0 Å². The summed E-state index contributed by atoms with van der Waals surface area (Å²) in [5, 5.41) is 9.46. The Morgan fingerprint density at radius 2 is 1.83 bits per heavy atom. The first kappa shape index (κ1) is 30.4. The van der Waals surface area contributed by atoms with Crippen molar-refractivity contribution >= 4 is 38.9 Å². The number of anilines is 2. The molecule has 2 fully saturated rings. The Morgan fingerprint density at radius 3 is 2.57 bits per heavy atom. The first-order chi connectivity index (χ1) is 20.1. The monoisotopic (exact) mass is 616 g/mol. The SMILES string of the molecule is C[C@H]1CNC[C@H](CCc2c(F)cccc2NC(=O)[C@H](Cc2cccc(Cl)c2)Nc2cccc(F)c2)N1S(=O)(=O)C1CC1. The molecule has 224 valence electrons. The van der Waals surface area contributed by atoms with Crippen molar-refractivity contribution in [3.05, 3.63) is 94.5 Å². The van der Waals surface area contributed by atoms with Crippen LogP contribution in [-0.4, -0.2) is 55.1 Å². The maximum atomic E-state index is 15.2. The van der Waals surface area contributed by atoms with Crippen LogP contribution in [0.5, 0.6) is 0 Å². The van der Waals surface area contributed by atoms with Crippen LogP contribution in [0.1, 0.15) is 37.3 Å². The number of halogens is 3. The first-order valence-electron chi connectivity index (χ1n) is 14.2. The summed E-state index contributed by atoms with van der Waals surface area (Å²) < 4.78 is 57.1. The molecule has 3 atom stereocenters. The van der Waals surface area contributed by atoms with Gasteiger partial charge in [-0.2, -0.15) is 4.31 Å². The largest absolute Gasteiger partial charge is 0.373 e. The lowest BCUT2D eigenvalue weighted by atomic mass is 10.00. The zero-order valence-electron chi connectivity index (χ0n) is 23.3. The Balaban J connectivity index is 1.35. The van der Waals surface area contributed by atoms with Gasteiger partial charge >= 0.3 is 0 Å². The quantitative estimate of drug-likeness (QED) is 0.270. The molecule has 1 heterocycles. The van der Waals surface area contributed by atoms with E-state index in [2.05, 4.69) is 16.0 Å². The molecular formula is C31H35ClF2N4O3S. The molecule has 1 aliphatic heterocycles. The maximum Gasteiger partial charge on any atom is 0.247 e. The maximum absolute atomic E-state index is 15.2. The van der Waals surface area contributed by atoms with Crippen LogP contribution in [0.4, 0.5) is 20.2 Å². The van der Waals surface area contributed by atoms with Crippen molar-refractivity contribution in [1.29, 1.82) is 0 Å². The normalized spacial score (nSPS) is 20.2. The van der Waals surface area contributed by atoms with Crippen molar-refractivity contribution in [1.82, 2.24) is 9.62 Å². The molecular weight excluding hydrogens is 582 g/mol. The molecule has 2 aliphatic rings. The van der Waals surface area contributed by atoms with Gasteiger partial charge in [0.1, 0.15) is 17.7 Å². The van der Waals surface area contributed by atoms with Crippen molar-refractivity contribution in [2.75, 3.05) is 23.7 Å². The predicted molar refractivity (Wildman–Crippen MR) is 162 cm³/mol. The molecule has 1 amide bonds. The van der Waals surface area contributed by atoms with Crippen molar-refractivity contribution in [2.24, 2.45) is 0 Å². The summed E-state index contributed by atoms with van der Waals surface area (Å²) in [5.41, 5.74) is 1.83. The topological polar surface area (TPSA) is 90.5 Å². The molecule has 1 aliphatic carbocycles. The molecule has 0 unspecified atom stereocenters. The van der Waals surface area contributed by atoms with E-state index in [1.165, 1.54) is 24.3 Å². The zero-order chi connectivity index (χ0) is 29.9. The van der Waals surface area contributed by atoms with E-state index in [9.17, 15) is 17.6 Å². The predicted octanol–water partition coefficient (Wildman–Crippen LogP) is 5.37. The van der Waals surface area contributed by atoms with Crippen molar-refractivity contribution in [2.45, 2.75) is 62.4 Å². The molecule has 0 radical (unpaired) electrons. The lowest BCUT2D eigenvalue weighted by molar-refractivity contribution is -0.116. The molecule has 3 aromatic carbocycles. The molecule has 1 saturated carbocycles. The van der Waals surface area contributed by atoms with Gasteiger partial charge in [-0.15, -0.1) is 0 Å². The third-order valence-electron chi connectivity index (χ3n) is 7.77. The minimum absolute atomic E-state index is 0.199. The molecule has 0 spiro atoms. The fraction of sp³-hybridized carbons (Fsp3) is 0.387. The summed E-state index contributed by atoms with van der Waals surface area (Å²) in [4.78, 5) is 13.6. The second kappa shape index (κ2) is 13.1. The lowest BCUT2D eigenvalue weighted by Crippen LogP contribution is -2.59. The van der Waals surface area contributed by atoms with Gasteiger partial charge in [0.15, 0.2) is 0 Å². The highest BCUT2D eigenvalue weighted by atomic mass is 35.5. The van der Waals surface area contributed by atoms with Gasteiger partial charge in [0.05, 0.1) is 5.25 Å². The molecule has 5 rings (SSSR count). The number of amides is 1. The van der Waals surface area contributed by atoms with E-state index in [0.29, 0.717) is 54.3 Å². The fourth-order valence-corrected chi connectivity index (χ4v) is 8.03. The number of sulfonamides is 1. The van der Waals surface area contributed by atoms with Gasteiger partial charge in [0, 0.05) is 53.6 Å². The van der Waals surface area contributed by atoms with Gasteiger partial charge < -0.3 is 16.0 Å². The molecule has 11 heteroatoms. The summed E-state index contributed by atoms with van der Waals surface area (Å²) in [6.07, 6.45) is 2.21. The van der Waals surface area contributed by atoms with Gasteiger partial charge in [-0.05, 0) is 80.6 Å². The minimum atomic E-state index is -3.42. The number of rotatable bonds is 11. The second-order valence-electron chi connectivity index (χ2n) is 11.1. The highest BCUT2D eigenvalue weighted by Gasteiger charge is 2.45. The van der Waals surface area contributed by atoms with Crippen LogP contribution >= 0.6 is 11.6 Å². The highest BCUT2D eigenvalue weighted by molar-refractivity contribution is 7.90. The standard InChI is InChI=1S/C31H35ClF2N4O3S/c1-20-18-35-19-25(38(20)42(40,41)26-12-13-26)11-14-27-28(34)9-4-10-29(27)37-31(39)30(16-21-5-2-6-22(32)15-21)36-24-8-3-7-23(33)17-24/h2-10,15,17,20,25-26,30,35-36H,11-14,16,18-19H2,1H3,(H,37,39)/t20-,25-,30-/m0/s1. The molecule has 0 aromatic heterocycles. The van der Waals surface area contributed by atoms with Gasteiger partial charge in [-0.25, -0.2) is 17.2 Å². The van der Waals surface area contributed by atoms with Gasteiger partial charge in [-0.1, -0.05) is 35.9 Å². The third-order valence-corrected chi connectivity index (χ3v) is 10.6. The third kappa shape index (κ3) is 7.29. The number of carbonyl (C=O) groups is 1. The number of hydrogen-bond acceptors (Lipinski definition) is 5. The number of benzene rings is 3. The average Bonchev–Trinajstić information content (AvgIpc) is 3.79. The summed E-state index contributed by atoms with van der Waals surface area (Å²) in [5.74, 6) is -1.36. The van der Waals surface area contributed by atoms with Crippen LogP contribution in [-0.2, 0) is 27.7 Å². The summed E-state index contributed by atoms with van der Waals surface area (Å²) in [6.45, 7) is 2.93. The first-order valence-corrected chi connectivity index (χ1v) is 16.1. The van der Waals surface area contributed by atoms with Crippen LogP contribution in [0.2, 0.25) is 5.02 Å². The van der Waals surface area contributed by atoms with Gasteiger partial charge in [0.25, 0.3) is 0 Å². The summed E-state index contributed by atoms with van der Waals surface area (Å²) >= 11 is 6.17. The summed E-state index contributed by atoms with van der Waals surface area (Å²) in [7, 11) is -3.42. The fourth-order valence-electron chi connectivity index (χ4n) is 5.57. The number of hydrogen-bond donors (Lipinski definition) is 3. The Kier molecular flexibility index (Phi) is 9.47. The van der Waals surface area contributed by atoms with E-state index in [-0.39, 0.29) is 30.2 Å². The second-order valence-corrected chi connectivity index (χ2v) is 13.6. The van der Waals surface area contributed by atoms with E-state index in [4.69, 9.17) is 11.6 Å². The van der Waals surface area contributed by atoms with E-state index in [1.807, 2.05) is 13.0 Å². The highest BCUT2D eigenvalue weighted by Crippen LogP contribution is 2.35. The lowest BCUT2D eigenvalue weighted by Gasteiger charge is -2.40. The molecule has 3 N–H and O–H groups in total. The minimum Gasteiger partial charge on any atom is -0.373 e. The Morgan fingerprint density at radius 1 is 1.07 bits per heavy atom. The van der Waals surface area contributed by atoms with Crippen LogP contribution in [0.15, 0.2) is 66.7 Å². The number of nitrogens with zero attached hydrogens (tertiary/aromatic N) is 1. The number of nitrogens with one attached hydrogen (secondary N) is 3. The molecule has 0 bridgehead atoms. The Hall–Kier alpha value is -3.05. The molecule has 42 heavy (non-hydrogen) atoms. The Labute approximate surface area is 250 Å². The van der Waals surface area contributed by atoms with Crippen LogP contribution in [0.3, 0.4) is 0 Å². The Bertz CT molecular complexity index is 1490. The number of piperazine rings is 1. The van der Waals surface area contributed by atoms with E-state index in [0.717, 1.165) is 5.56 Å². The van der Waals surface area contributed by atoms with Crippen LogP contribution in [0.25, 0.3) is 0 Å². The average molecular weight is 617 g/mol. The van der Waals surface area contributed by atoms with Gasteiger partial charge in [0.2, 0.25) is 15.9 Å². The zero-order valence-corrected chi connectivity index (χ0v) is 24.9. The van der Waals surface area contributed by atoms with Crippen LogP contribution < -0.4 is 16.0 Å².